The Morgan fingerprint density at radius 1 is 0.656 bits per heavy atom. The Bertz CT molecular complexity index is 1070. The highest BCUT2D eigenvalue weighted by molar-refractivity contribution is 5.99. The van der Waals surface area contributed by atoms with E-state index in [4.69, 9.17) is 15.6 Å². The first kappa shape index (κ1) is 23.0. The molecule has 3 unspecified atom stereocenters. The Labute approximate surface area is 181 Å². The summed E-state index contributed by atoms with van der Waals surface area (Å²) in [5, 5.41) is 69.2. The summed E-state index contributed by atoms with van der Waals surface area (Å²) in [5.41, 5.74) is 4.42. The molecule has 0 aliphatic carbocycles. The van der Waals surface area contributed by atoms with Crippen LogP contribution < -0.4 is 21.1 Å². The summed E-state index contributed by atoms with van der Waals surface area (Å²) in [4.78, 5) is 0. The zero-order chi connectivity index (χ0) is 23.1. The van der Waals surface area contributed by atoms with E-state index < -0.39 is 15.7 Å². The number of anilines is 1. The summed E-state index contributed by atoms with van der Waals surface area (Å²) in [5.74, 6) is 0.117. The molecule has 0 radical (unpaired) electrons. The summed E-state index contributed by atoms with van der Waals surface area (Å²) >= 11 is 0. The van der Waals surface area contributed by atoms with E-state index in [-0.39, 0.29) is 22.9 Å². The lowest BCUT2D eigenvalue weighted by molar-refractivity contribution is -0.991. The van der Waals surface area contributed by atoms with Crippen molar-refractivity contribution in [2.24, 2.45) is 15.3 Å². The Morgan fingerprint density at radius 3 is 1.56 bits per heavy atom. The third kappa shape index (κ3) is 6.19. The van der Waals surface area contributed by atoms with Gasteiger partial charge >= 0.3 is 0 Å². The second-order valence-electron chi connectivity index (χ2n) is 6.36. The van der Waals surface area contributed by atoms with E-state index in [1.807, 2.05) is 0 Å². The van der Waals surface area contributed by atoms with E-state index in [0.29, 0.717) is 16.9 Å². The van der Waals surface area contributed by atoms with Gasteiger partial charge in [0.2, 0.25) is 5.84 Å². The molecule has 13 heteroatoms. The minimum absolute atomic E-state index is 0.0894. The van der Waals surface area contributed by atoms with Crippen LogP contribution in [0, 0.1) is 15.6 Å². The maximum atomic E-state index is 11.1. The van der Waals surface area contributed by atoms with Crippen molar-refractivity contribution in [2.75, 3.05) is 5.43 Å². The topological polar surface area (TPSA) is 192 Å². The van der Waals surface area contributed by atoms with Crippen LogP contribution in [0.3, 0.4) is 0 Å². The predicted molar refractivity (Wildman–Crippen MR) is 111 cm³/mol. The summed E-state index contributed by atoms with van der Waals surface area (Å²) in [6.07, 6.45) is 0. The van der Waals surface area contributed by atoms with Gasteiger partial charge in [0.05, 0.1) is 11.4 Å². The Hall–Kier alpha value is -3.63. The molecule has 13 nitrogen and oxygen atoms in total. The lowest BCUT2D eigenvalue weighted by Gasteiger charge is -2.12. The van der Waals surface area contributed by atoms with Crippen LogP contribution in [0.4, 0.5) is 28.4 Å². The van der Waals surface area contributed by atoms with Crippen molar-refractivity contribution in [2.45, 2.75) is 0 Å². The average Bonchev–Trinajstić information content (AvgIpc) is 2.79. The number of hydrogen-bond acceptors (Lipinski definition) is 9. The predicted octanol–water partition coefficient (Wildman–Crippen LogP) is 0.454. The molecule has 3 aromatic carbocycles. The molecular weight excluding hydrogens is 422 g/mol. The number of nitrogens with one attached hydrogen (secondary N) is 4. The van der Waals surface area contributed by atoms with E-state index in [2.05, 4.69) is 20.8 Å². The second kappa shape index (κ2) is 10.6. The monoisotopic (exact) mass is 441 g/mol. The molecule has 166 valence electrons. The maximum absolute atomic E-state index is 11.1. The first-order valence-electron chi connectivity index (χ1n) is 9.09. The highest BCUT2D eigenvalue weighted by atomic mass is 16.8. The number of azo groups is 1. The molecule has 7 N–H and O–H groups in total. The van der Waals surface area contributed by atoms with Gasteiger partial charge in [-0.2, -0.15) is 20.8 Å². The minimum atomic E-state index is -1.08. The zero-order valence-electron chi connectivity index (χ0n) is 16.3. The van der Waals surface area contributed by atoms with E-state index in [1.54, 1.807) is 0 Å². The molecule has 3 rings (SSSR count). The van der Waals surface area contributed by atoms with Gasteiger partial charge in [0.25, 0.3) is 0 Å². The highest BCUT2D eigenvalue weighted by Crippen LogP contribution is 2.17. The Kier molecular flexibility index (Phi) is 7.63. The van der Waals surface area contributed by atoms with Crippen LogP contribution >= 0.6 is 0 Å². The summed E-state index contributed by atoms with van der Waals surface area (Å²) in [7, 11) is 0. The highest BCUT2D eigenvalue weighted by Gasteiger charge is 2.07. The molecule has 0 aliphatic heterocycles. The van der Waals surface area contributed by atoms with Crippen LogP contribution in [0.25, 0.3) is 0 Å². The van der Waals surface area contributed by atoms with Crippen molar-refractivity contribution < 1.29 is 31.3 Å². The number of nitrogens with zero attached hydrogens (tertiary/aromatic N) is 3. The molecule has 0 aromatic heterocycles. The number of amidine groups is 1. The van der Waals surface area contributed by atoms with Crippen LogP contribution in [0.5, 0.6) is 0 Å². The van der Waals surface area contributed by atoms with Gasteiger partial charge in [0.15, 0.2) is 17.1 Å². The normalized spacial score (nSPS) is 14.9. The molecular formula is C19H19N7O6. The van der Waals surface area contributed by atoms with Gasteiger partial charge in [-0.3, -0.25) is 5.43 Å². The van der Waals surface area contributed by atoms with Gasteiger partial charge in [-0.25, -0.2) is 15.6 Å². The largest absolute Gasteiger partial charge is 0.595 e. The molecule has 0 fully saturated rings. The van der Waals surface area contributed by atoms with Gasteiger partial charge in [-0.1, -0.05) is 0 Å². The smallest absolute Gasteiger partial charge is 0.201 e. The molecule has 0 aliphatic rings. The lowest BCUT2D eigenvalue weighted by atomic mass is 10.2. The van der Waals surface area contributed by atoms with Crippen LogP contribution in [-0.2, 0) is 0 Å². The van der Waals surface area contributed by atoms with Crippen LogP contribution in [0.2, 0.25) is 0 Å². The maximum Gasteiger partial charge on any atom is 0.201 e. The van der Waals surface area contributed by atoms with Gasteiger partial charge in [-0.05, 0) is 36.4 Å². The van der Waals surface area contributed by atoms with Gasteiger partial charge in [0.1, 0.15) is 0 Å². The fourth-order valence-corrected chi connectivity index (χ4v) is 2.49. The van der Waals surface area contributed by atoms with Crippen molar-refractivity contribution in [3.63, 3.8) is 0 Å². The number of rotatable bonds is 7. The van der Waals surface area contributed by atoms with E-state index in [9.17, 15) is 15.6 Å². The second-order valence-corrected chi connectivity index (χ2v) is 6.36. The number of benzene rings is 3. The first-order valence-corrected chi connectivity index (χ1v) is 9.09. The van der Waals surface area contributed by atoms with E-state index in [1.165, 1.54) is 72.8 Å². The molecule has 0 amide bonds. The lowest BCUT2D eigenvalue weighted by Crippen LogP contribution is -2.99. The van der Waals surface area contributed by atoms with Gasteiger partial charge in [-0.15, -0.1) is 10.2 Å². The SMILES string of the molecule is [O-][NH+](O)c1ccc(N=NC(=NNc2ccc([NH+]([O-])O)cc2)c2ccc([NH+]([O-])O)cc2)cc1. The first-order chi connectivity index (χ1) is 15.3. The molecule has 0 saturated carbocycles. The third-order valence-corrected chi connectivity index (χ3v) is 4.19. The fraction of sp³-hybridized carbons (Fsp3) is 0. The zero-order valence-corrected chi connectivity index (χ0v) is 16.3. The van der Waals surface area contributed by atoms with Crippen molar-refractivity contribution in [3.05, 3.63) is 94.0 Å². The standard InChI is InChI=1S/C19H19N7O6/c27-24(28)16-7-1-13(2-8-16)19(22-20-14-3-9-17(10-4-14)25(29)30)23-21-15-5-11-18(12-6-15)26(31)32/h1-12,20,24-27,29,31H. The van der Waals surface area contributed by atoms with Crippen molar-refractivity contribution in [1.29, 1.82) is 0 Å². The van der Waals surface area contributed by atoms with Gasteiger partial charge in [0, 0.05) is 42.0 Å². The Balaban J connectivity index is 1.86. The van der Waals surface area contributed by atoms with Crippen LogP contribution in [0.15, 0.2) is 88.1 Å². The van der Waals surface area contributed by atoms with Crippen molar-refractivity contribution in [1.82, 2.24) is 0 Å². The van der Waals surface area contributed by atoms with Crippen LogP contribution in [0.1, 0.15) is 5.56 Å². The van der Waals surface area contributed by atoms with Gasteiger partial charge < -0.3 is 15.6 Å². The molecule has 0 spiro atoms. The summed E-state index contributed by atoms with van der Waals surface area (Å²) in [6.45, 7) is 0. The van der Waals surface area contributed by atoms with Crippen LogP contribution in [-0.4, -0.2) is 21.5 Å². The molecule has 3 aromatic rings. The van der Waals surface area contributed by atoms with E-state index >= 15 is 0 Å². The molecule has 0 saturated heterocycles. The molecule has 32 heavy (non-hydrogen) atoms. The summed E-state index contributed by atoms with van der Waals surface area (Å²) in [6, 6.07) is 17.4. The number of quaternary nitrogens is 3. The number of hydrazone groups is 1. The number of hydrogen-bond donors (Lipinski definition) is 7. The van der Waals surface area contributed by atoms with Crippen molar-refractivity contribution in [3.8, 4) is 0 Å². The van der Waals surface area contributed by atoms with Crippen molar-refractivity contribution >= 4 is 34.3 Å². The quantitative estimate of drug-likeness (QED) is 0.120. The van der Waals surface area contributed by atoms with E-state index in [0.717, 1.165) is 0 Å². The molecule has 3 atom stereocenters. The fourth-order valence-electron chi connectivity index (χ4n) is 2.49. The third-order valence-electron chi connectivity index (χ3n) is 4.19. The average molecular weight is 441 g/mol. The summed E-state index contributed by atoms with van der Waals surface area (Å²) < 4.78 is 0. The molecule has 0 bridgehead atoms. The Morgan fingerprint density at radius 2 is 1.09 bits per heavy atom. The minimum Gasteiger partial charge on any atom is -0.595 e. The molecule has 0 heterocycles.